The quantitative estimate of drug-likeness (QED) is 0.480. The fourth-order valence-electron chi connectivity index (χ4n) is 3.89. The number of rotatable bonds is 6. The molecule has 7 heteroatoms. The number of ether oxygens (including phenoxy) is 1. The van der Waals surface area contributed by atoms with Gasteiger partial charge in [-0.15, -0.1) is 10.2 Å². The van der Waals surface area contributed by atoms with Crippen molar-refractivity contribution in [3.63, 3.8) is 0 Å². The molecule has 5 rings (SSSR count). The molecule has 0 spiro atoms. The van der Waals surface area contributed by atoms with Crippen LogP contribution in [0.3, 0.4) is 0 Å². The molecule has 1 aliphatic carbocycles. The van der Waals surface area contributed by atoms with Gasteiger partial charge >= 0.3 is 0 Å². The number of hydrogen-bond acceptors (Lipinski definition) is 5. The summed E-state index contributed by atoms with van der Waals surface area (Å²) in [5.74, 6) is 1.76. The van der Waals surface area contributed by atoms with Gasteiger partial charge in [-0.25, -0.2) is 14.4 Å². The first-order valence-electron chi connectivity index (χ1n) is 10.1. The summed E-state index contributed by atoms with van der Waals surface area (Å²) in [4.78, 5) is 9.28. The Bertz CT molecular complexity index is 1230. The minimum absolute atomic E-state index is 0.255. The molecule has 6 nitrogen and oxygen atoms in total. The molecule has 3 heterocycles. The van der Waals surface area contributed by atoms with E-state index in [-0.39, 0.29) is 5.82 Å². The van der Waals surface area contributed by atoms with Gasteiger partial charge in [-0.2, -0.15) is 0 Å². The van der Waals surface area contributed by atoms with Crippen LogP contribution >= 0.6 is 0 Å². The topological polar surface area (TPSA) is 65.2 Å². The number of pyridine rings is 1. The Hall–Kier alpha value is -3.35. The molecule has 3 aromatic heterocycles. The third kappa shape index (κ3) is 3.30. The lowest BCUT2D eigenvalue weighted by molar-refractivity contribution is 0.404. The summed E-state index contributed by atoms with van der Waals surface area (Å²) in [6, 6.07) is 8.96. The molecule has 1 aromatic carbocycles. The summed E-state index contributed by atoms with van der Waals surface area (Å²) in [6.07, 6.45) is 7.08. The Balaban J connectivity index is 1.48. The molecular formula is C23H22FN5O. The molecular weight excluding hydrogens is 381 g/mol. The van der Waals surface area contributed by atoms with Crippen molar-refractivity contribution in [2.45, 2.75) is 38.5 Å². The molecule has 0 N–H and O–H groups in total. The van der Waals surface area contributed by atoms with E-state index in [1.54, 1.807) is 25.6 Å². The summed E-state index contributed by atoms with van der Waals surface area (Å²) < 4.78 is 21.6. The zero-order valence-electron chi connectivity index (χ0n) is 17.0. The standard InChI is InChI=1S/C23H22FN5O/c1-14-19(12-25-22(27-14)15-6-7-15)17-10-8-16(29-13-26-28-23(17)29)9-11-18-20(24)4-3-5-21(18)30-2/h3-5,8,10,12-13,15H,6-7,9,11H2,1-2H3. The summed E-state index contributed by atoms with van der Waals surface area (Å²) in [6.45, 7) is 2.01. The van der Waals surface area contributed by atoms with Gasteiger partial charge in [0.25, 0.3) is 0 Å². The molecule has 1 fully saturated rings. The number of halogens is 1. The molecule has 0 radical (unpaired) electrons. The smallest absolute Gasteiger partial charge is 0.168 e. The van der Waals surface area contributed by atoms with Crippen molar-refractivity contribution in [1.82, 2.24) is 24.6 Å². The lowest BCUT2D eigenvalue weighted by Crippen LogP contribution is -2.04. The van der Waals surface area contributed by atoms with Crippen molar-refractivity contribution < 1.29 is 9.13 Å². The maximum absolute atomic E-state index is 14.3. The Kier molecular flexibility index (Phi) is 4.65. The van der Waals surface area contributed by atoms with Gasteiger partial charge in [0.15, 0.2) is 5.65 Å². The van der Waals surface area contributed by atoms with Crippen molar-refractivity contribution in [3.8, 4) is 16.9 Å². The average molecular weight is 403 g/mol. The highest BCUT2D eigenvalue weighted by Crippen LogP contribution is 2.38. The Morgan fingerprint density at radius 1 is 1.13 bits per heavy atom. The third-order valence-electron chi connectivity index (χ3n) is 5.70. The van der Waals surface area contributed by atoms with Crippen LogP contribution in [0, 0.1) is 12.7 Å². The lowest BCUT2D eigenvalue weighted by atomic mass is 10.0. The normalized spacial score (nSPS) is 13.7. The van der Waals surface area contributed by atoms with E-state index in [1.165, 1.54) is 18.9 Å². The SMILES string of the molecule is COc1cccc(F)c1CCc1ccc(-c2cnc(C3CC3)nc2C)c2nncn12. The van der Waals surface area contributed by atoms with Crippen LogP contribution in [-0.4, -0.2) is 31.7 Å². The van der Waals surface area contributed by atoms with E-state index < -0.39 is 0 Å². The van der Waals surface area contributed by atoms with Crippen LogP contribution in [0.5, 0.6) is 5.75 Å². The zero-order chi connectivity index (χ0) is 20.7. The van der Waals surface area contributed by atoms with Gasteiger partial charge in [-0.3, -0.25) is 4.40 Å². The maximum atomic E-state index is 14.3. The predicted molar refractivity (Wildman–Crippen MR) is 111 cm³/mol. The Morgan fingerprint density at radius 2 is 2.00 bits per heavy atom. The molecule has 152 valence electrons. The van der Waals surface area contributed by atoms with Gasteiger partial charge in [-0.05, 0) is 56.9 Å². The molecule has 0 bridgehead atoms. The van der Waals surface area contributed by atoms with Gasteiger partial charge in [0, 0.05) is 40.2 Å². The fourth-order valence-corrected chi connectivity index (χ4v) is 3.89. The van der Waals surface area contributed by atoms with Crippen LogP contribution in [0.25, 0.3) is 16.8 Å². The van der Waals surface area contributed by atoms with Crippen molar-refractivity contribution >= 4 is 5.65 Å². The number of aromatic nitrogens is 5. The first-order chi connectivity index (χ1) is 14.7. The molecule has 4 aromatic rings. The molecule has 30 heavy (non-hydrogen) atoms. The highest BCUT2D eigenvalue weighted by molar-refractivity contribution is 5.78. The number of methoxy groups -OCH3 is 1. The average Bonchev–Trinajstić information content (AvgIpc) is 3.49. The Morgan fingerprint density at radius 3 is 2.77 bits per heavy atom. The van der Waals surface area contributed by atoms with Gasteiger partial charge in [0.1, 0.15) is 23.7 Å². The largest absolute Gasteiger partial charge is 0.496 e. The van der Waals surface area contributed by atoms with Gasteiger partial charge in [-0.1, -0.05) is 6.07 Å². The predicted octanol–water partition coefficient (Wildman–Crippen LogP) is 4.31. The lowest BCUT2D eigenvalue weighted by Gasteiger charge is -2.12. The fraction of sp³-hybridized carbons (Fsp3) is 0.304. The molecule has 1 aliphatic rings. The van der Waals surface area contributed by atoms with Gasteiger partial charge in [0.05, 0.1) is 7.11 Å². The van der Waals surface area contributed by atoms with Crippen molar-refractivity contribution in [1.29, 1.82) is 0 Å². The number of aryl methyl sites for hydroxylation is 2. The third-order valence-corrected chi connectivity index (χ3v) is 5.70. The summed E-state index contributed by atoms with van der Waals surface area (Å²) in [5, 5.41) is 8.44. The van der Waals surface area contributed by atoms with Crippen LogP contribution in [0.2, 0.25) is 0 Å². The zero-order valence-corrected chi connectivity index (χ0v) is 17.0. The van der Waals surface area contributed by atoms with Crippen molar-refractivity contribution in [3.05, 3.63) is 71.4 Å². The van der Waals surface area contributed by atoms with Crippen LogP contribution < -0.4 is 4.74 Å². The summed E-state index contributed by atoms with van der Waals surface area (Å²) in [7, 11) is 1.56. The monoisotopic (exact) mass is 403 g/mol. The van der Waals surface area contributed by atoms with E-state index in [0.717, 1.165) is 34.0 Å². The van der Waals surface area contributed by atoms with E-state index in [0.29, 0.717) is 30.1 Å². The molecule has 0 unspecified atom stereocenters. The van der Waals surface area contributed by atoms with Crippen LogP contribution in [-0.2, 0) is 12.8 Å². The molecule has 0 aliphatic heterocycles. The van der Waals surface area contributed by atoms with E-state index in [9.17, 15) is 4.39 Å². The van der Waals surface area contributed by atoms with Crippen molar-refractivity contribution in [2.75, 3.05) is 7.11 Å². The second-order valence-corrected chi connectivity index (χ2v) is 7.69. The summed E-state index contributed by atoms with van der Waals surface area (Å²) >= 11 is 0. The second kappa shape index (κ2) is 7.48. The van der Waals surface area contributed by atoms with E-state index in [4.69, 9.17) is 9.72 Å². The minimum Gasteiger partial charge on any atom is -0.496 e. The molecule has 0 amide bonds. The van der Waals surface area contributed by atoms with Crippen molar-refractivity contribution in [2.24, 2.45) is 0 Å². The number of hydrogen-bond donors (Lipinski definition) is 0. The van der Waals surface area contributed by atoms with E-state index in [1.807, 2.05) is 29.7 Å². The number of benzene rings is 1. The highest BCUT2D eigenvalue weighted by atomic mass is 19.1. The second-order valence-electron chi connectivity index (χ2n) is 7.69. The first kappa shape index (κ1) is 18.7. The van der Waals surface area contributed by atoms with Crippen LogP contribution in [0.15, 0.2) is 42.9 Å². The minimum atomic E-state index is -0.255. The molecule has 1 saturated carbocycles. The first-order valence-corrected chi connectivity index (χ1v) is 10.1. The van der Waals surface area contributed by atoms with Crippen LogP contribution in [0.4, 0.5) is 4.39 Å². The van der Waals surface area contributed by atoms with Crippen LogP contribution in [0.1, 0.15) is 41.5 Å². The highest BCUT2D eigenvalue weighted by Gasteiger charge is 2.27. The van der Waals surface area contributed by atoms with Gasteiger partial charge < -0.3 is 4.74 Å². The maximum Gasteiger partial charge on any atom is 0.168 e. The molecule has 0 saturated heterocycles. The molecule has 0 atom stereocenters. The number of nitrogens with zero attached hydrogens (tertiary/aromatic N) is 5. The number of fused-ring (bicyclic) bond motifs is 1. The van der Waals surface area contributed by atoms with E-state index in [2.05, 4.69) is 15.2 Å². The van der Waals surface area contributed by atoms with Gasteiger partial charge in [0.2, 0.25) is 0 Å². The summed E-state index contributed by atoms with van der Waals surface area (Å²) in [5.41, 5.74) is 5.17. The van der Waals surface area contributed by atoms with E-state index >= 15 is 0 Å². The Labute approximate surface area is 173 Å².